The molecule has 0 saturated carbocycles. The molecule has 6 nitrogen and oxygen atoms in total. The smallest absolute Gasteiger partial charge is 0.244 e. The molecule has 2 aromatic carbocycles. The Kier molecular flexibility index (Phi) is 4.47. The monoisotopic (exact) mass is 395 g/mol. The summed E-state index contributed by atoms with van der Waals surface area (Å²) in [5.74, 6) is -1.71. The lowest BCUT2D eigenvalue weighted by molar-refractivity contribution is 0.0976. The Hall–Kier alpha value is -2.52. The van der Waals surface area contributed by atoms with Crippen LogP contribution in [0, 0.1) is 11.6 Å². The number of fused-ring (bicyclic) bond motifs is 1. The maximum atomic E-state index is 14.2. The fourth-order valence-corrected chi connectivity index (χ4v) is 4.02. The van der Waals surface area contributed by atoms with Crippen LogP contribution in [0.1, 0.15) is 31.9 Å². The van der Waals surface area contributed by atoms with Gasteiger partial charge >= 0.3 is 0 Å². The SMILES string of the molecule is CC(C)S(=O)(=O)n1c(N)nc2ccc(C(C)(O)c3cc(F)ccc3F)cc21. The van der Waals surface area contributed by atoms with Gasteiger partial charge in [-0.05, 0) is 56.7 Å². The molecule has 0 aliphatic carbocycles. The van der Waals surface area contributed by atoms with Gasteiger partial charge in [-0.25, -0.2) is 26.2 Å². The molecule has 0 radical (unpaired) electrons. The van der Waals surface area contributed by atoms with Crippen molar-refractivity contribution in [2.75, 3.05) is 5.73 Å². The average molecular weight is 395 g/mol. The van der Waals surface area contributed by atoms with E-state index in [-0.39, 0.29) is 22.6 Å². The third-order valence-electron chi connectivity index (χ3n) is 4.50. The molecular weight excluding hydrogens is 376 g/mol. The minimum atomic E-state index is -3.82. The largest absolute Gasteiger partial charge is 0.381 e. The topological polar surface area (TPSA) is 98.2 Å². The van der Waals surface area contributed by atoms with E-state index in [4.69, 9.17) is 5.73 Å². The second kappa shape index (κ2) is 6.28. The van der Waals surface area contributed by atoms with Crippen LogP contribution in [0.5, 0.6) is 0 Å². The van der Waals surface area contributed by atoms with Crippen molar-refractivity contribution in [1.29, 1.82) is 0 Å². The summed E-state index contributed by atoms with van der Waals surface area (Å²) in [4.78, 5) is 4.04. The second-order valence-electron chi connectivity index (χ2n) is 6.73. The third kappa shape index (κ3) is 3.06. The number of nitrogens with two attached hydrogens (primary N) is 1. The fraction of sp³-hybridized carbons (Fsp3) is 0.278. The first-order chi connectivity index (χ1) is 12.5. The highest BCUT2D eigenvalue weighted by atomic mass is 32.2. The van der Waals surface area contributed by atoms with Crippen LogP contribution in [0.3, 0.4) is 0 Å². The number of anilines is 1. The van der Waals surface area contributed by atoms with E-state index in [9.17, 15) is 22.3 Å². The van der Waals surface area contributed by atoms with Crippen LogP contribution in [0.4, 0.5) is 14.7 Å². The third-order valence-corrected chi connectivity index (χ3v) is 6.59. The van der Waals surface area contributed by atoms with Gasteiger partial charge in [0.05, 0.1) is 16.3 Å². The summed E-state index contributed by atoms with van der Waals surface area (Å²) in [5, 5.41) is 10.2. The summed E-state index contributed by atoms with van der Waals surface area (Å²) >= 11 is 0. The Morgan fingerprint density at radius 2 is 1.85 bits per heavy atom. The van der Waals surface area contributed by atoms with Gasteiger partial charge in [0, 0.05) is 5.56 Å². The summed E-state index contributed by atoms with van der Waals surface area (Å²) < 4.78 is 53.9. The van der Waals surface area contributed by atoms with Crippen molar-refractivity contribution < 1.29 is 22.3 Å². The van der Waals surface area contributed by atoms with Crippen molar-refractivity contribution in [3.05, 3.63) is 59.2 Å². The lowest BCUT2D eigenvalue weighted by Crippen LogP contribution is -2.26. The molecule has 0 fully saturated rings. The highest BCUT2D eigenvalue weighted by molar-refractivity contribution is 7.90. The van der Waals surface area contributed by atoms with E-state index in [1.54, 1.807) is 0 Å². The van der Waals surface area contributed by atoms with Crippen molar-refractivity contribution in [3.8, 4) is 0 Å². The first-order valence-electron chi connectivity index (χ1n) is 8.17. The van der Waals surface area contributed by atoms with Crippen LogP contribution in [0.25, 0.3) is 11.0 Å². The molecule has 3 N–H and O–H groups in total. The number of benzene rings is 2. The quantitative estimate of drug-likeness (QED) is 0.708. The lowest BCUT2D eigenvalue weighted by Gasteiger charge is -2.25. The Balaban J connectivity index is 2.27. The van der Waals surface area contributed by atoms with Crippen molar-refractivity contribution in [3.63, 3.8) is 0 Å². The molecule has 27 heavy (non-hydrogen) atoms. The lowest BCUT2D eigenvalue weighted by atomic mass is 9.87. The van der Waals surface area contributed by atoms with Crippen LogP contribution in [0.2, 0.25) is 0 Å². The molecule has 1 atom stereocenters. The number of rotatable bonds is 4. The maximum absolute atomic E-state index is 14.2. The Morgan fingerprint density at radius 3 is 2.48 bits per heavy atom. The standard InChI is InChI=1S/C18H19F2N3O3S/c1-10(2)27(25,26)23-16-8-11(4-7-15(16)22-17(23)21)18(3,24)13-9-12(19)5-6-14(13)20/h4-10,24H,1-3H3,(H2,21,22). The molecule has 0 saturated heterocycles. The average Bonchev–Trinajstić information content (AvgIpc) is 2.92. The highest BCUT2D eigenvalue weighted by Gasteiger charge is 2.31. The van der Waals surface area contributed by atoms with Crippen LogP contribution in [-0.4, -0.2) is 27.7 Å². The molecule has 1 aromatic heterocycles. The van der Waals surface area contributed by atoms with Crippen LogP contribution in [0.15, 0.2) is 36.4 Å². The van der Waals surface area contributed by atoms with Crippen LogP contribution in [-0.2, 0) is 15.6 Å². The van der Waals surface area contributed by atoms with Gasteiger partial charge in [-0.15, -0.1) is 0 Å². The molecule has 3 aromatic rings. The number of aromatic nitrogens is 2. The summed E-state index contributed by atoms with van der Waals surface area (Å²) in [6.45, 7) is 4.30. The highest BCUT2D eigenvalue weighted by Crippen LogP contribution is 2.34. The zero-order valence-electron chi connectivity index (χ0n) is 14.9. The van der Waals surface area contributed by atoms with Gasteiger partial charge in [0.1, 0.15) is 17.2 Å². The summed E-state index contributed by atoms with van der Waals surface area (Å²) in [7, 11) is -3.82. The van der Waals surface area contributed by atoms with E-state index in [1.165, 1.54) is 39.0 Å². The van der Waals surface area contributed by atoms with Gasteiger partial charge in [-0.3, -0.25) is 0 Å². The zero-order chi connectivity index (χ0) is 20.1. The minimum Gasteiger partial charge on any atom is -0.381 e. The molecule has 0 aliphatic rings. The number of aliphatic hydroxyl groups is 1. The number of halogens is 2. The first kappa shape index (κ1) is 19.2. The van der Waals surface area contributed by atoms with Crippen molar-refractivity contribution >= 4 is 27.0 Å². The Labute approximate surface area is 155 Å². The molecule has 0 aliphatic heterocycles. The fourth-order valence-electron chi connectivity index (χ4n) is 2.88. The van der Waals surface area contributed by atoms with Crippen LogP contribution >= 0.6 is 0 Å². The van der Waals surface area contributed by atoms with Crippen molar-refractivity contribution in [2.24, 2.45) is 0 Å². The van der Waals surface area contributed by atoms with E-state index < -0.39 is 32.5 Å². The van der Waals surface area contributed by atoms with E-state index in [0.717, 1.165) is 22.2 Å². The van der Waals surface area contributed by atoms with Crippen LogP contribution < -0.4 is 5.73 Å². The van der Waals surface area contributed by atoms with Crippen molar-refractivity contribution in [2.45, 2.75) is 31.6 Å². The van der Waals surface area contributed by atoms with E-state index in [0.29, 0.717) is 5.52 Å². The van der Waals surface area contributed by atoms with Gasteiger partial charge in [-0.1, -0.05) is 6.07 Å². The van der Waals surface area contributed by atoms with Gasteiger partial charge in [0.25, 0.3) is 0 Å². The molecule has 0 spiro atoms. The summed E-state index contributed by atoms with van der Waals surface area (Å²) in [6.07, 6.45) is 0. The number of imidazole rings is 1. The molecule has 144 valence electrons. The predicted octanol–water partition coefficient (Wildman–Crippen LogP) is 2.74. The van der Waals surface area contributed by atoms with E-state index in [1.807, 2.05) is 0 Å². The number of nitrogens with zero attached hydrogens (tertiary/aromatic N) is 2. The van der Waals surface area contributed by atoms with Gasteiger partial charge in [0.2, 0.25) is 16.0 Å². The molecule has 0 bridgehead atoms. The Morgan fingerprint density at radius 1 is 1.19 bits per heavy atom. The van der Waals surface area contributed by atoms with E-state index >= 15 is 0 Å². The molecule has 1 heterocycles. The van der Waals surface area contributed by atoms with Gasteiger partial charge in [0.15, 0.2) is 0 Å². The minimum absolute atomic E-state index is 0.149. The molecule has 1 unspecified atom stereocenters. The molecule has 3 rings (SSSR count). The van der Waals surface area contributed by atoms with Crippen molar-refractivity contribution in [1.82, 2.24) is 8.96 Å². The zero-order valence-corrected chi connectivity index (χ0v) is 15.8. The molecule has 0 amide bonds. The predicted molar refractivity (Wildman–Crippen MR) is 98.6 cm³/mol. The summed E-state index contributed by atoms with van der Waals surface area (Å²) in [5.41, 5.74) is 4.23. The number of hydrogen-bond acceptors (Lipinski definition) is 5. The molecular formula is C18H19F2N3O3S. The maximum Gasteiger partial charge on any atom is 0.244 e. The Bertz CT molecular complexity index is 1140. The number of hydrogen-bond donors (Lipinski definition) is 2. The number of nitrogen functional groups attached to an aromatic ring is 1. The van der Waals surface area contributed by atoms with Gasteiger partial charge in [-0.2, -0.15) is 0 Å². The summed E-state index contributed by atoms with van der Waals surface area (Å²) in [6, 6.07) is 7.07. The molecule has 9 heteroatoms. The van der Waals surface area contributed by atoms with E-state index in [2.05, 4.69) is 4.98 Å². The van der Waals surface area contributed by atoms with Gasteiger partial charge < -0.3 is 10.8 Å². The first-order valence-corrected chi connectivity index (χ1v) is 9.67. The normalized spacial score (nSPS) is 14.6. The second-order valence-corrected chi connectivity index (χ2v) is 9.07.